The molecule has 0 aliphatic rings. The lowest BCUT2D eigenvalue weighted by molar-refractivity contribution is 0.301. The fourth-order valence-electron chi connectivity index (χ4n) is 1.87. The highest BCUT2D eigenvalue weighted by atomic mass is 16.5. The van der Waals surface area contributed by atoms with Gasteiger partial charge in [0, 0.05) is 6.20 Å². The molecular weight excluding hydrogens is 262 g/mol. The topological polar surface area (TPSA) is 31.4 Å². The molecule has 0 bridgehead atoms. The van der Waals surface area contributed by atoms with Gasteiger partial charge < -0.3 is 9.47 Å². The fourth-order valence-corrected chi connectivity index (χ4v) is 1.87. The van der Waals surface area contributed by atoms with Crippen molar-refractivity contribution in [3.63, 3.8) is 0 Å². The maximum Gasteiger partial charge on any atom is 0.130 e. The normalized spacial score (nSPS) is 10.1. The first-order valence-electron chi connectivity index (χ1n) is 6.76. The number of pyridine rings is 1. The van der Waals surface area contributed by atoms with Gasteiger partial charge in [0.05, 0.1) is 5.69 Å². The molecule has 1 heterocycles. The highest BCUT2D eigenvalue weighted by Gasteiger charge is 1.99. The van der Waals surface area contributed by atoms with Crippen LogP contribution in [0.2, 0.25) is 0 Å². The first kappa shape index (κ1) is 13.2. The van der Waals surface area contributed by atoms with E-state index in [9.17, 15) is 0 Å². The molecule has 3 aromatic rings. The molecule has 0 saturated heterocycles. The molecule has 0 spiro atoms. The van der Waals surface area contributed by atoms with Gasteiger partial charge in [0.1, 0.15) is 23.9 Å². The van der Waals surface area contributed by atoms with E-state index < -0.39 is 0 Å². The Balaban J connectivity index is 1.59. The summed E-state index contributed by atoms with van der Waals surface area (Å²) in [6.07, 6.45) is 1.76. The lowest BCUT2D eigenvalue weighted by atomic mass is 10.3. The average Bonchev–Trinajstić information content (AvgIpc) is 2.56. The molecule has 0 saturated carbocycles. The first-order chi connectivity index (χ1) is 10.4. The second kappa shape index (κ2) is 6.57. The third-order valence-electron chi connectivity index (χ3n) is 2.92. The van der Waals surface area contributed by atoms with Crippen LogP contribution >= 0.6 is 0 Å². The Morgan fingerprint density at radius 2 is 1.33 bits per heavy atom. The van der Waals surface area contributed by atoms with E-state index in [2.05, 4.69) is 4.98 Å². The fraction of sp³-hybridized carbons (Fsp3) is 0.0556. The van der Waals surface area contributed by atoms with Crippen LogP contribution in [0.3, 0.4) is 0 Å². The molecule has 0 fully saturated rings. The number of aromatic nitrogens is 1. The van der Waals surface area contributed by atoms with Crippen LogP contribution in [0.1, 0.15) is 5.69 Å². The van der Waals surface area contributed by atoms with Crippen LogP contribution in [-0.2, 0) is 6.61 Å². The van der Waals surface area contributed by atoms with Crippen molar-refractivity contribution in [3.05, 3.63) is 84.7 Å². The molecule has 0 atom stereocenters. The van der Waals surface area contributed by atoms with Crippen LogP contribution in [0, 0.1) is 0 Å². The summed E-state index contributed by atoms with van der Waals surface area (Å²) in [5.74, 6) is 2.40. The SMILES string of the molecule is c1ccc(Oc2ccc(OCc3ccccn3)cc2)cc1. The van der Waals surface area contributed by atoms with E-state index in [0.717, 1.165) is 22.9 Å². The van der Waals surface area contributed by atoms with Crippen molar-refractivity contribution in [1.82, 2.24) is 4.98 Å². The minimum Gasteiger partial charge on any atom is -0.487 e. The van der Waals surface area contributed by atoms with Gasteiger partial charge in [-0.1, -0.05) is 24.3 Å². The first-order valence-corrected chi connectivity index (χ1v) is 6.76. The molecule has 3 rings (SSSR count). The molecular formula is C18H15NO2. The number of para-hydroxylation sites is 1. The maximum absolute atomic E-state index is 5.73. The highest BCUT2D eigenvalue weighted by molar-refractivity contribution is 5.35. The number of hydrogen-bond acceptors (Lipinski definition) is 3. The molecule has 0 aliphatic heterocycles. The van der Waals surface area contributed by atoms with Crippen molar-refractivity contribution < 1.29 is 9.47 Å². The Morgan fingerprint density at radius 1 is 0.667 bits per heavy atom. The maximum atomic E-state index is 5.73. The molecule has 0 radical (unpaired) electrons. The van der Waals surface area contributed by atoms with E-state index in [1.165, 1.54) is 0 Å². The summed E-state index contributed by atoms with van der Waals surface area (Å²) in [4.78, 5) is 4.22. The minimum absolute atomic E-state index is 0.458. The molecule has 3 heteroatoms. The number of nitrogens with zero attached hydrogens (tertiary/aromatic N) is 1. The Hall–Kier alpha value is -2.81. The van der Waals surface area contributed by atoms with Gasteiger partial charge in [-0.15, -0.1) is 0 Å². The zero-order valence-corrected chi connectivity index (χ0v) is 11.5. The molecule has 1 aromatic heterocycles. The largest absolute Gasteiger partial charge is 0.487 e. The summed E-state index contributed by atoms with van der Waals surface area (Å²) >= 11 is 0. The number of rotatable bonds is 5. The molecule has 0 aliphatic carbocycles. The van der Waals surface area contributed by atoms with Crippen LogP contribution < -0.4 is 9.47 Å². The lowest BCUT2D eigenvalue weighted by Gasteiger charge is -2.08. The Labute approximate surface area is 123 Å². The summed E-state index contributed by atoms with van der Waals surface area (Å²) in [5, 5.41) is 0. The van der Waals surface area contributed by atoms with Crippen molar-refractivity contribution >= 4 is 0 Å². The monoisotopic (exact) mass is 277 g/mol. The Bertz CT molecular complexity index is 667. The van der Waals surface area contributed by atoms with Crippen molar-refractivity contribution in [2.75, 3.05) is 0 Å². The van der Waals surface area contributed by atoms with Crippen molar-refractivity contribution in [3.8, 4) is 17.2 Å². The highest BCUT2D eigenvalue weighted by Crippen LogP contribution is 2.23. The van der Waals surface area contributed by atoms with E-state index >= 15 is 0 Å². The average molecular weight is 277 g/mol. The number of hydrogen-bond donors (Lipinski definition) is 0. The van der Waals surface area contributed by atoms with Gasteiger partial charge in [0.2, 0.25) is 0 Å². The standard InChI is InChI=1S/C18H15NO2/c1-2-7-17(8-3-1)21-18-11-9-16(10-12-18)20-14-15-6-4-5-13-19-15/h1-13H,14H2. The molecule has 2 aromatic carbocycles. The molecule has 3 nitrogen and oxygen atoms in total. The van der Waals surface area contributed by atoms with Crippen molar-refractivity contribution in [2.24, 2.45) is 0 Å². The van der Waals surface area contributed by atoms with E-state index in [-0.39, 0.29) is 0 Å². The predicted molar refractivity (Wildman–Crippen MR) is 81.5 cm³/mol. The number of benzene rings is 2. The smallest absolute Gasteiger partial charge is 0.130 e. The quantitative estimate of drug-likeness (QED) is 0.690. The second-order valence-electron chi connectivity index (χ2n) is 4.50. The summed E-state index contributed by atoms with van der Waals surface area (Å²) < 4.78 is 11.4. The van der Waals surface area contributed by atoms with Gasteiger partial charge in [-0.2, -0.15) is 0 Å². The molecule has 0 N–H and O–H groups in total. The molecule has 0 amide bonds. The minimum atomic E-state index is 0.458. The summed E-state index contributed by atoms with van der Waals surface area (Å²) in [6, 6.07) is 23.0. The van der Waals surface area contributed by atoms with Gasteiger partial charge in [-0.05, 0) is 48.5 Å². The molecule has 0 unspecified atom stereocenters. The van der Waals surface area contributed by atoms with E-state index in [0.29, 0.717) is 6.61 Å². The van der Waals surface area contributed by atoms with Gasteiger partial charge >= 0.3 is 0 Å². The predicted octanol–water partition coefficient (Wildman–Crippen LogP) is 4.45. The molecule has 104 valence electrons. The summed E-state index contributed by atoms with van der Waals surface area (Å²) in [6.45, 7) is 0.458. The third kappa shape index (κ3) is 3.83. The third-order valence-corrected chi connectivity index (χ3v) is 2.92. The van der Waals surface area contributed by atoms with Crippen LogP contribution in [-0.4, -0.2) is 4.98 Å². The number of ether oxygens (including phenoxy) is 2. The van der Waals surface area contributed by atoms with Crippen LogP contribution in [0.25, 0.3) is 0 Å². The van der Waals surface area contributed by atoms with Gasteiger partial charge in [0.25, 0.3) is 0 Å². The van der Waals surface area contributed by atoms with Crippen molar-refractivity contribution in [1.29, 1.82) is 0 Å². The van der Waals surface area contributed by atoms with Gasteiger partial charge in [-0.3, -0.25) is 4.98 Å². The van der Waals surface area contributed by atoms with Crippen LogP contribution in [0.5, 0.6) is 17.2 Å². The van der Waals surface area contributed by atoms with Crippen LogP contribution in [0.15, 0.2) is 79.0 Å². The summed E-state index contributed by atoms with van der Waals surface area (Å²) in [5.41, 5.74) is 0.905. The Morgan fingerprint density at radius 3 is 2.05 bits per heavy atom. The molecule has 21 heavy (non-hydrogen) atoms. The zero-order valence-electron chi connectivity index (χ0n) is 11.5. The second-order valence-corrected chi connectivity index (χ2v) is 4.50. The van der Waals surface area contributed by atoms with E-state index in [1.54, 1.807) is 6.20 Å². The summed E-state index contributed by atoms with van der Waals surface area (Å²) in [7, 11) is 0. The Kier molecular flexibility index (Phi) is 4.12. The zero-order chi connectivity index (χ0) is 14.3. The van der Waals surface area contributed by atoms with Gasteiger partial charge in [0.15, 0.2) is 0 Å². The van der Waals surface area contributed by atoms with E-state index in [4.69, 9.17) is 9.47 Å². The van der Waals surface area contributed by atoms with Crippen LogP contribution in [0.4, 0.5) is 0 Å². The lowest BCUT2D eigenvalue weighted by Crippen LogP contribution is -1.97. The van der Waals surface area contributed by atoms with Crippen molar-refractivity contribution in [2.45, 2.75) is 6.61 Å². The van der Waals surface area contributed by atoms with E-state index in [1.807, 2.05) is 72.8 Å². The van der Waals surface area contributed by atoms with Gasteiger partial charge in [-0.25, -0.2) is 0 Å².